The van der Waals surface area contributed by atoms with Crippen molar-refractivity contribution in [2.75, 3.05) is 49.9 Å². The first-order valence-electron chi connectivity index (χ1n) is 10.4. The van der Waals surface area contributed by atoms with Crippen LogP contribution >= 0.6 is 11.3 Å². The second-order valence-corrected chi connectivity index (χ2v) is 11.0. The second kappa shape index (κ2) is 8.64. The van der Waals surface area contributed by atoms with Crippen LogP contribution in [0.4, 0.5) is 5.13 Å². The number of hydrogen-bond acceptors (Lipinski definition) is 6. The number of rotatable bonds is 5. The van der Waals surface area contributed by atoms with Crippen LogP contribution < -0.4 is 4.90 Å². The van der Waals surface area contributed by atoms with E-state index in [4.69, 9.17) is 0 Å². The fourth-order valence-corrected chi connectivity index (χ4v) is 6.29. The summed E-state index contributed by atoms with van der Waals surface area (Å²) in [6.45, 7) is 5.28. The Bertz CT molecular complexity index is 947. The molecule has 0 N–H and O–H groups in total. The molecule has 1 amide bonds. The highest BCUT2D eigenvalue weighted by molar-refractivity contribution is 7.89. The Morgan fingerprint density at radius 3 is 2.30 bits per heavy atom. The van der Waals surface area contributed by atoms with Crippen LogP contribution in [0.1, 0.15) is 25.3 Å². The third kappa shape index (κ3) is 3.98. The fraction of sp³-hybridized carbons (Fsp3) is 0.524. The molecule has 9 heteroatoms. The summed E-state index contributed by atoms with van der Waals surface area (Å²) in [5.74, 6) is 0.221. The Labute approximate surface area is 182 Å². The second-order valence-electron chi connectivity index (χ2n) is 7.84. The van der Waals surface area contributed by atoms with Gasteiger partial charge in [-0.3, -0.25) is 4.79 Å². The zero-order valence-corrected chi connectivity index (χ0v) is 18.9. The highest BCUT2D eigenvalue weighted by Gasteiger charge is 2.46. The molecule has 4 rings (SSSR count). The standard InChI is InChI=1S/C21H28N4O3S2/c1-2-30(27,28)25-11-8-21(9-12-25,18-6-4-3-5-7-18)19(26)23-13-15-24(16-14-23)20-22-10-17-29-20/h3-7,10,17H,2,8-9,11-16H2,1H3. The van der Waals surface area contributed by atoms with Crippen molar-refractivity contribution in [3.63, 3.8) is 0 Å². The van der Waals surface area contributed by atoms with Gasteiger partial charge >= 0.3 is 0 Å². The van der Waals surface area contributed by atoms with E-state index in [-0.39, 0.29) is 11.7 Å². The van der Waals surface area contributed by atoms with E-state index in [1.54, 1.807) is 28.8 Å². The molecule has 2 aliphatic rings. The molecule has 1 aromatic carbocycles. The summed E-state index contributed by atoms with van der Waals surface area (Å²) < 4.78 is 26.2. The van der Waals surface area contributed by atoms with Crippen LogP contribution in [0, 0.1) is 0 Å². The van der Waals surface area contributed by atoms with E-state index in [9.17, 15) is 13.2 Å². The van der Waals surface area contributed by atoms with Crippen molar-refractivity contribution in [3.05, 3.63) is 47.5 Å². The maximum atomic E-state index is 13.8. The highest BCUT2D eigenvalue weighted by Crippen LogP contribution is 2.38. The maximum absolute atomic E-state index is 13.8. The van der Waals surface area contributed by atoms with Crippen molar-refractivity contribution in [2.24, 2.45) is 0 Å². The number of benzene rings is 1. The van der Waals surface area contributed by atoms with Gasteiger partial charge in [-0.1, -0.05) is 30.3 Å². The van der Waals surface area contributed by atoms with Gasteiger partial charge < -0.3 is 9.80 Å². The quantitative estimate of drug-likeness (QED) is 0.701. The third-order valence-electron chi connectivity index (χ3n) is 6.33. The summed E-state index contributed by atoms with van der Waals surface area (Å²) in [5.41, 5.74) is 0.329. The number of amides is 1. The molecule has 2 fully saturated rings. The van der Waals surface area contributed by atoms with Crippen molar-refractivity contribution in [1.29, 1.82) is 0 Å². The number of sulfonamides is 1. The Hall–Kier alpha value is -1.97. The number of thiazole rings is 1. The summed E-state index contributed by atoms with van der Waals surface area (Å²) in [6, 6.07) is 9.88. The summed E-state index contributed by atoms with van der Waals surface area (Å²) in [7, 11) is -3.24. The maximum Gasteiger partial charge on any atom is 0.233 e. The van der Waals surface area contributed by atoms with Crippen molar-refractivity contribution in [2.45, 2.75) is 25.2 Å². The average molecular weight is 449 g/mol. The first kappa shape index (κ1) is 21.3. The van der Waals surface area contributed by atoms with Gasteiger partial charge in [0.2, 0.25) is 15.9 Å². The zero-order valence-electron chi connectivity index (χ0n) is 17.2. The van der Waals surface area contributed by atoms with Gasteiger partial charge in [-0.15, -0.1) is 11.3 Å². The first-order chi connectivity index (χ1) is 14.5. The molecule has 162 valence electrons. The number of anilines is 1. The van der Waals surface area contributed by atoms with Crippen molar-refractivity contribution < 1.29 is 13.2 Å². The van der Waals surface area contributed by atoms with Crippen LogP contribution in [-0.4, -0.2) is 73.5 Å². The lowest BCUT2D eigenvalue weighted by Crippen LogP contribution is -2.58. The molecule has 2 aromatic rings. The van der Waals surface area contributed by atoms with Crippen molar-refractivity contribution >= 4 is 32.4 Å². The van der Waals surface area contributed by atoms with E-state index in [0.29, 0.717) is 39.0 Å². The number of hydrogen-bond donors (Lipinski definition) is 0. The SMILES string of the molecule is CCS(=O)(=O)N1CCC(C(=O)N2CCN(c3nccs3)CC2)(c2ccccc2)CC1. The predicted molar refractivity (Wildman–Crippen MR) is 119 cm³/mol. The number of nitrogens with zero attached hydrogens (tertiary/aromatic N) is 4. The van der Waals surface area contributed by atoms with Gasteiger partial charge in [0, 0.05) is 50.8 Å². The summed E-state index contributed by atoms with van der Waals surface area (Å²) in [4.78, 5) is 22.4. The molecule has 2 saturated heterocycles. The molecule has 3 heterocycles. The highest BCUT2D eigenvalue weighted by atomic mass is 32.2. The van der Waals surface area contributed by atoms with Crippen LogP contribution in [0.15, 0.2) is 41.9 Å². The van der Waals surface area contributed by atoms with E-state index in [2.05, 4.69) is 9.88 Å². The molecular formula is C21H28N4O3S2. The van der Waals surface area contributed by atoms with Gasteiger partial charge in [0.1, 0.15) is 0 Å². The lowest BCUT2D eigenvalue weighted by molar-refractivity contribution is -0.139. The number of carbonyl (C=O) groups is 1. The molecule has 2 aliphatic heterocycles. The van der Waals surface area contributed by atoms with Gasteiger partial charge in [-0.05, 0) is 25.3 Å². The van der Waals surface area contributed by atoms with Crippen LogP contribution in [0.2, 0.25) is 0 Å². The van der Waals surface area contributed by atoms with Crippen LogP contribution in [-0.2, 0) is 20.2 Å². The molecular weight excluding hydrogens is 420 g/mol. The molecule has 0 atom stereocenters. The minimum atomic E-state index is -3.24. The van der Waals surface area contributed by atoms with Crippen LogP contribution in [0.5, 0.6) is 0 Å². The van der Waals surface area contributed by atoms with E-state index >= 15 is 0 Å². The summed E-state index contributed by atoms with van der Waals surface area (Å²) >= 11 is 1.62. The topological polar surface area (TPSA) is 73.8 Å². The molecule has 30 heavy (non-hydrogen) atoms. The number of carbonyl (C=O) groups excluding carboxylic acids is 1. The predicted octanol–water partition coefficient (Wildman–Crippen LogP) is 2.18. The van der Waals surface area contributed by atoms with Crippen molar-refractivity contribution in [1.82, 2.24) is 14.2 Å². The van der Waals surface area contributed by atoms with E-state index in [1.807, 2.05) is 40.6 Å². The van der Waals surface area contributed by atoms with Crippen LogP contribution in [0.3, 0.4) is 0 Å². The number of piperazine rings is 1. The number of piperidine rings is 1. The fourth-order valence-electron chi connectivity index (χ4n) is 4.49. The normalized spacial score (nSPS) is 20.3. The summed E-state index contributed by atoms with van der Waals surface area (Å²) in [5, 5.41) is 2.97. The lowest BCUT2D eigenvalue weighted by atomic mass is 9.72. The average Bonchev–Trinajstić information content (AvgIpc) is 3.34. The van der Waals surface area contributed by atoms with Gasteiger partial charge in [0.05, 0.1) is 11.2 Å². The Morgan fingerprint density at radius 2 is 1.73 bits per heavy atom. The molecule has 1 aromatic heterocycles. The Morgan fingerprint density at radius 1 is 1.07 bits per heavy atom. The lowest BCUT2D eigenvalue weighted by Gasteiger charge is -2.45. The van der Waals surface area contributed by atoms with Gasteiger partial charge in [-0.25, -0.2) is 17.7 Å². The third-order valence-corrected chi connectivity index (χ3v) is 9.04. The van der Waals surface area contributed by atoms with Gasteiger partial charge in [0.15, 0.2) is 5.13 Å². The Balaban J connectivity index is 1.53. The smallest absolute Gasteiger partial charge is 0.233 e. The van der Waals surface area contributed by atoms with E-state index in [0.717, 1.165) is 23.8 Å². The van der Waals surface area contributed by atoms with E-state index in [1.165, 1.54) is 0 Å². The minimum Gasteiger partial charge on any atom is -0.345 e. The van der Waals surface area contributed by atoms with Crippen LogP contribution in [0.25, 0.3) is 0 Å². The van der Waals surface area contributed by atoms with Gasteiger partial charge in [0.25, 0.3) is 0 Å². The number of aromatic nitrogens is 1. The molecule has 0 saturated carbocycles. The molecule has 0 radical (unpaired) electrons. The minimum absolute atomic E-state index is 0.0952. The molecule has 7 nitrogen and oxygen atoms in total. The molecule has 0 bridgehead atoms. The zero-order chi connectivity index (χ0) is 21.2. The Kier molecular flexibility index (Phi) is 6.13. The monoisotopic (exact) mass is 448 g/mol. The largest absolute Gasteiger partial charge is 0.345 e. The van der Waals surface area contributed by atoms with Crippen molar-refractivity contribution in [3.8, 4) is 0 Å². The molecule has 0 aliphatic carbocycles. The first-order valence-corrected chi connectivity index (χ1v) is 12.9. The van der Waals surface area contributed by atoms with Gasteiger partial charge in [-0.2, -0.15) is 0 Å². The van der Waals surface area contributed by atoms with E-state index < -0.39 is 15.4 Å². The summed E-state index contributed by atoms with van der Waals surface area (Å²) in [6.07, 6.45) is 2.84. The molecule has 0 spiro atoms. The molecule has 0 unspecified atom stereocenters.